The summed E-state index contributed by atoms with van der Waals surface area (Å²) in [6.07, 6.45) is 0.575. The molecule has 1 aromatic heterocycles. The molecule has 2 amide bonds. The van der Waals surface area contributed by atoms with Crippen molar-refractivity contribution in [2.45, 2.75) is 38.3 Å². The first-order valence-corrected chi connectivity index (χ1v) is 13.1. The minimum absolute atomic E-state index is 0.139. The lowest BCUT2D eigenvalue weighted by atomic mass is 9.90. The molecule has 35 heavy (non-hydrogen) atoms. The quantitative estimate of drug-likeness (QED) is 0.244. The summed E-state index contributed by atoms with van der Waals surface area (Å²) in [6.45, 7) is 2.28. The average molecular weight is 500 g/mol. The summed E-state index contributed by atoms with van der Waals surface area (Å²) in [5.74, 6) is -0.481. The lowest BCUT2D eigenvalue weighted by Gasteiger charge is -2.47. The fourth-order valence-electron chi connectivity index (χ4n) is 4.55. The SMILES string of the molecule is Cc1cc(COc2ccc(C(=O)NC3(CC(=O)NO)CCCS(O)(O)C3)cc2)c2ccccc2n1. The van der Waals surface area contributed by atoms with E-state index in [1.54, 1.807) is 29.7 Å². The van der Waals surface area contributed by atoms with Crippen molar-refractivity contribution in [1.29, 1.82) is 0 Å². The summed E-state index contributed by atoms with van der Waals surface area (Å²) >= 11 is 0. The third-order valence-electron chi connectivity index (χ3n) is 6.08. The molecule has 4 rings (SSSR count). The fourth-order valence-corrected chi connectivity index (χ4v) is 6.50. The second-order valence-corrected chi connectivity index (χ2v) is 11.3. The van der Waals surface area contributed by atoms with Crippen molar-refractivity contribution in [3.05, 3.63) is 71.4 Å². The highest BCUT2D eigenvalue weighted by atomic mass is 32.3. The molecule has 186 valence electrons. The van der Waals surface area contributed by atoms with Gasteiger partial charge < -0.3 is 10.1 Å². The molecule has 2 aromatic carbocycles. The van der Waals surface area contributed by atoms with Gasteiger partial charge in [0.25, 0.3) is 5.91 Å². The van der Waals surface area contributed by atoms with Gasteiger partial charge in [0.1, 0.15) is 12.4 Å². The number of hydrogen-bond acceptors (Lipinski definition) is 7. The molecule has 1 aliphatic heterocycles. The Labute approximate surface area is 204 Å². The molecule has 3 aromatic rings. The molecule has 10 heteroatoms. The van der Waals surface area contributed by atoms with E-state index in [0.29, 0.717) is 30.8 Å². The molecule has 0 spiro atoms. The zero-order valence-electron chi connectivity index (χ0n) is 19.4. The van der Waals surface area contributed by atoms with Gasteiger partial charge in [-0.2, -0.15) is 10.6 Å². The number of nitrogens with zero attached hydrogens (tertiary/aromatic N) is 1. The van der Waals surface area contributed by atoms with Crippen molar-refractivity contribution in [3.8, 4) is 5.75 Å². The number of rotatable bonds is 7. The van der Waals surface area contributed by atoms with E-state index in [-0.39, 0.29) is 17.9 Å². The molecule has 1 fully saturated rings. The molecule has 1 unspecified atom stereocenters. The first kappa shape index (κ1) is 24.9. The van der Waals surface area contributed by atoms with E-state index in [9.17, 15) is 18.7 Å². The number of aryl methyl sites for hydroxylation is 1. The second-order valence-electron chi connectivity index (χ2n) is 8.95. The van der Waals surface area contributed by atoms with E-state index in [2.05, 4.69) is 10.3 Å². The topological polar surface area (TPSA) is 141 Å². The van der Waals surface area contributed by atoms with Gasteiger partial charge in [-0.3, -0.25) is 28.9 Å². The molecule has 1 aliphatic rings. The number of pyridine rings is 1. The average Bonchev–Trinajstić information content (AvgIpc) is 2.81. The summed E-state index contributed by atoms with van der Waals surface area (Å²) in [7, 11) is -2.93. The Bertz CT molecular complexity index is 1230. The summed E-state index contributed by atoms with van der Waals surface area (Å²) in [5, 5.41) is 12.8. The Morgan fingerprint density at radius 3 is 2.60 bits per heavy atom. The fraction of sp³-hybridized carbons (Fsp3) is 0.320. The summed E-state index contributed by atoms with van der Waals surface area (Å²) in [5.41, 5.74) is 3.56. The largest absolute Gasteiger partial charge is 0.489 e. The summed E-state index contributed by atoms with van der Waals surface area (Å²) in [6, 6.07) is 16.4. The number of benzene rings is 2. The lowest BCUT2D eigenvalue weighted by molar-refractivity contribution is -0.130. The Kier molecular flexibility index (Phi) is 7.27. The molecule has 0 bridgehead atoms. The maximum atomic E-state index is 13.0. The van der Waals surface area contributed by atoms with Crippen LogP contribution in [0.15, 0.2) is 54.6 Å². The maximum absolute atomic E-state index is 13.0. The first-order valence-electron chi connectivity index (χ1n) is 11.3. The van der Waals surface area contributed by atoms with Crippen molar-refractivity contribution in [2.75, 3.05) is 11.5 Å². The minimum atomic E-state index is -2.93. The van der Waals surface area contributed by atoms with E-state index < -0.39 is 27.9 Å². The Morgan fingerprint density at radius 2 is 1.89 bits per heavy atom. The molecule has 0 saturated carbocycles. The van der Waals surface area contributed by atoms with Gasteiger partial charge in [-0.15, -0.1) is 0 Å². The van der Waals surface area contributed by atoms with E-state index in [4.69, 9.17) is 9.94 Å². The number of ether oxygens (including phenoxy) is 1. The predicted molar refractivity (Wildman–Crippen MR) is 134 cm³/mol. The molecule has 1 atom stereocenters. The number of amides is 2. The van der Waals surface area contributed by atoms with Gasteiger partial charge in [0.15, 0.2) is 0 Å². The van der Waals surface area contributed by atoms with E-state index in [1.165, 1.54) is 0 Å². The monoisotopic (exact) mass is 499 g/mol. The zero-order chi connectivity index (χ0) is 25.1. The third kappa shape index (κ3) is 6.09. The predicted octanol–water partition coefficient (Wildman–Crippen LogP) is 4.03. The van der Waals surface area contributed by atoms with Crippen LogP contribution in [0.3, 0.4) is 0 Å². The van der Waals surface area contributed by atoms with Gasteiger partial charge in [-0.05, 0) is 56.2 Å². The molecule has 9 nitrogen and oxygen atoms in total. The molecule has 1 saturated heterocycles. The van der Waals surface area contributed by atoms with Crippen molar-refractivity contribution in [2.24, 2.45) is 0 Å². The number of carbonyl (C=O) groups excluding carboxylic acids is 2. The zero-order valence-corrected chi connectivity index (χ0v) is 20.2. The molecule has 2 heterocycles. The summed E-state index contributed by atoms with van der Waals surface area (Å²) < 4.78 is 26.4. The van der Waals surface area contributed by atoms with Crippen LogP contribution in [0.5, 0.6) is 5.75 Å². The minimum Gasteiger partial charge on any atom is -0.489 e. The van der Waals surface area contributed by atoms with E-state index >= 15 is 0 Å². The second kappa shape index (κ2) is 10.2. The third-order valence-corrected chi connectivity index (χ3v) is 8.03. The Balaban J connectivity index is 1.45. The molecule has 5 N–H and O–H groups in total. The molecule has 0 aliphatic carbocycles. The smallest absolute Gasteiger partial charge is 0.251 e. The van der Waals surface area contributed by atoms with Crippen molar-refractivity contribution in [1.82, 2.24) is 15.8 Å². The Morgan fingerprint density at radius 1 is 1.14 bits per heavy atom. The normalized spacial score (nSPS) is 20.1. The van der Waals surface area contributed by atoms with Crippen LogP contribution in [0.4, 0.5) is 0 Å². The van der Waals surface area contributed by atoms with Gasteiger partial charge >= 0.3 is 0 Å². The van der Waals surface area contributed by atoms with Crippen LogP contribution in [0.25, 0.3) is 10.9 Å². The van der Waals surface area contributed by atoms with Crippen LogP contribution >= 0.6 is 10.6 Å². The number of aromatic nitrogens is 1. The summed E-state index contributed by atoms with van der Waals surface area (Å²) in [4.78, 5) is 29.4. The van der Waals surface area contributed by atoms with Crippen LogP contribution in [0.2, 0.25) is 0 Å². The number of hydroxylamine groups is 1. The van der Waals surface area contributed by atoms with E-state index in [1.807, 2.05) is 37.3 Å². The number of fused-ring (bicyclic) bond motifs is 1. The highest BCUT2D eigenvalue weighted by molar-refractivity contribution is 8.24. The first-order chi connectivity index (χ1) is 16.7. The van der Waals surface area contributed by atoms with Gasteiger partial charge in [0, 0.05) is 28.0 Å². The number of para-hydroxylation sites is 1. The van der Waals surface area contributed by atoms with Crippen molar-refractivity contribution < 1.29 is 28.6 Å². The number of nitrogens with one attached hydrogen (secondary N) is 2. The van der Waals surface area contributed by atoms with Gasteiger partial charge in [0.05, 0.1) is 23.2 Å². The highest BCUT2D eigenvalue weighted by Gasteiger charge is 2.42. The van der Waals surface area contributed by atoms with Crippen molar-refractivity contribution in [3.63, 3.8) is 0 Å². The number of carbonyl (C=O) groups is 2. The van der Waals surface area contributed by atoms with Gasteiger partial charge in [0.2, 0.25) is 5.91 Å². The molecule has 0 radical (unpaired) electrons. The van der Waals surface area contributed by atoms with Gasteiger partial charge in [-0.1, -0.05) is 18.2 Å². The van der Waals surface area contributed by atoms with Crippen LogP contribution in [0.1, 0.15) is 40.9 Å². The number of hydrogen-bond donors (Lipinski definition) is 5. The maximum Gasteiger partial charge on any atom is 0.251 e. The molecular weight excluding hydrogens is 470 g/mol. The van der Waals surface area contributed by atoms with Crippen LogP contribution in [-0.4, -0.2) is 48.2 Å². The molecular formula is C25H29N3O6S. The standard InChI is InChI=1S/C25H29N3O6S/c1-17-13-19(21-5-2-3-6-22(21)26-17)15-34-20-9-7-18(8-10-20)24(30)27-25(14-23(29)28-31)11-4-12-35(32,33)16-25/h2-3,5-10,13,31-33H,4,11-12,14-16H2,1H3,(H,27,30)(H,28,29). The Hall–Kier alpha value is -3.18. The van der Waals surface area contributed by atoms with Crippen molar-refractivity contribution >= 4 is 33.3 Å². The lowest BCUT2D eigenvalue weighted by Crippen LogP contribution is -2.56. The van der Waals surface area contributed by atoms with Crippen LogP contribution in [0, 0.1) is 6.92 Å². The highest BCUT2D eigenvalue weighted by Crippen LogP contribution is 2.48. The van der Waals surface area contributed by atoms with E-state index in [0.717, 1.165) is 22.2 Å². The van der Waals surface area contributed by atoms with Crippen LogP contribution in [-0.2, 0) is 11.4 Å². The van der Waals surface area contributed by atoms with Gasteiger partial charge in [-0.25, -0.2) is 5.48 Å². The van der Waals surface area contributed by atoms with Crippen LogP contribution < -0.4 is 15.5 Å².